The van der Waals surface area contributed by atoms with Gasteiger partial charge in [0.15, 0.2) is 5.82 Å². The van der Waals surface area contributed by atoms with Crippen LogP contribution in [0.15, 0.2) is 12.7 Å². The van der Waals surface area contributed by atoms with Crippen molar-refractivity contribution in [1.82, 2.24) is 29.5 Å². The van der Waals surface area contributed by atoms with Crippen molar-refractivity contribution in [2.75, 3.05) is 7.11 Å². The summed E-state index contributed by atoms with van der Waals surface area (Å²) >= 11 is 0. The largest absolute Gasteiger partial charge is 0.463 e. The number of methoxy groups -OCH3 is 1. The van der Waals surface area contributed by atoms with E-state index in [4.69, 9.17) is 0 Å². The molecule has 0 fully saturated rings. The van der Waals surface area contributed by atoms with Crippen LogP contribution in [0.5, 0.6) is 0 Å². The number of rotatable bonds is 3. The molecule has 0 atom stereocenters. The Bertz CT molecular complexity index is 502. The number of carbonyl (C=O) groups excluding carboxylic acids is 1. The molecule has 0 N–H and O–H groups in total. The van der Waals surface area contributed by atoms with Crippen molar-refractivity contribution >= 4 is 5.97 Å². The highest BCUT2D eigenvalue weighted by atomic mass is 16.5. The van der Waals surface area contributed by atoms with E-state index in [2.05, 4.69) is 25.0 Å². The van der Waals surface area contributed by atoms with Crippen LogP contribution in [0.1, 0.15) is 16.4 Å². The molecule has 0 spiro atoms. The molecule has 0 aliphatic carbocycles. The lowest BCUT2D eigenvalue weighted by atomic mass is 10.6. The summed E-state index contributed by atoms with van der Waals surface area (Å²) in [5.41, 5.74) is 0. The molecule has 84 valence electrons. The number of aromatic nitrogens is 6. The Kier molecular flexibility index (Phi) is 2.63. The first-order valence-electron chi connectivity index (χ1n) is 4.51. The summed E-state index contributed by atoms with van der Waals surface area (Å²) in [5, 5.41) is 11.6. The molecule has 0 aliphatic heterocycles. The van der Waals surface area contributed by atoms with E-state index in [0.29, 0.717) is 6.54 Å². The SMILES string of the molecule is COC(=O)c1ncn(Cc2nncn2C)n1. The summed E-state index contributed by atoms with van der Waals surface area (Å²) in [6.45, 7) is 0.403. The summed E-state index contributed by atoms with van der Waals surface area (Å²) in [4.78, 5) is 14.9. The Morgan fingerprint density at radius 2 is 2.31 bits per heavy atom. The van der Waals surface area contributed by atoms with Gasteiger partial charge in [0.05, 0.1) is 7.11 Å². The lowest BCUT2D eigenvalue weighted by Crippen LogP contribution is -2.09. The van der Waals surface area contributed by atoms with Crippen molar-refractivity contribution < 1.29 is 9.53 Å². The van der Waals surface area contributed by atoms with Gasteiger partial charge in [-0.15, -0.1) is 15.3 Å². The Morgan fingerprint density at radius 3 is 2.94 bits per heavy atom. The van der Waals surface area contributed by atoms with Crippen LogP contribution in [0.3, 0.4) is 0 Å². The minimum Gasteiger partial charge on any atom is -0.463 e. The zero-order valence-corrected chi connectivity index (χ0v) is 8.86. The van der Waals surface area contributed by atoms with Crippen molar-refractivity contribution in [2.45, 2.75) is 6.54 Å². The topological polar surface area (TPSA) is 87.7 Å². The third-order valence-corrected chi connectivity index (χ3v) is 2.01. The van der Waals surface area contributed by atoms with Crippen molar-refractivity contribution in [3.63, 3.8) is 0 Å². The number of hydrogen-bond donors (Lipinski definition) is 0. The molecule has 0 unspecified atom stereocenters. The van der Waals surface area contributed by atoms with E-state index in [-0.39, 0.29) is 5.82 Å². The fourth-order valence-corrected chi connectivity index (χ4v) is 1.15. The predicted molar refractivity (Wildman–Crippen MR) is 51.5 cm³/mol. The second kappa shape index (κ2) is 4.09. The fraction of sp³-hybridized carbons (Fsp3) is 0.375. The van der Waals surface area contributed by atoms with Crippen molar-refractivity contribution in [2.24, 2.45) is 7.05 Å². The van der Waals surface area contributed by atoms with Gasteiger partial charge in [-0.25, -0.2) is 14.5 Å². The van der Waals surface area contributed by atoms with Gasteiger partial charge in [0, 0.05) is 7.05 Å². The maximum absolute atomic E-state index is 11.1. The van der Waals surface area contributed by atoms with E-state index in [0.717, 1.165) is 5.82 Å². The van der Waals surface area contributed by atoms with Crippen LogP contribution < -0.4 is 0 Å². The highest BCUT2D eigenvalue weighted by Crippen LogP contribution is 1.97. The molecular weight excluding hydrogens is 212 g/mol. The Labute approximate surface area is 90.9 Å². The molecule has 0 saturated heterocycles. The van der Waals surface area contributed by atoms with Crippen molar-refractivity contribution in [3.05, 3.63) is 24.3 Å². The Hall–Kier alpha value is -2.25. The summed E-state index contributed by atoms with van der Waals surface area (Å²) in [6, 6.07) is 0. The number of aryl methyl sites for hydroxylation is 1. The van der Waals surface area contributed by atoms with Gasteiger partial charge in [-0.3, -0.25) is 0 Å². The average Bonchev–Trinajstić information content (AvgIpc) is 2.89. The van der Waals surface area contributed by atoms with E-state index < -0.39 is 5.97 Å². The molecule has 2 aromatic heterocycles. The van der Waals surface area contributed by atoms with Gasteiger partial charge in [-0.2, -0.15) is 0 Å². The number of hydrogen-bond acceptors (Lipinski definition) is 6. The maximum Gasteiger partial charge on any atom is 0.377 e. The van der Waals surface area contributed by atoms with Crippen molar-refractivity contribution in [3.8, 4) is 0 Å². The lowest BCUT2D eigenvalue weighted by molar-refractivity contribution is 0.0586. The molecule has 2 aromatic rings. The number of nitrogens with zero attached hydrogens (tertiary/aromatic N) is 6. The van der Waals surface area contributed by atoms with Gasteiger partial charge < -0.3 is 9.30 Å². The van der Waals surface area contributed by atoms with Gasteiger partial charge >= 0.3 is 5.97 Å². The maximum atomic E-state index is 11.1. The van der Waals surface area contributed by atoms with Crippen LogP contribution in [0.4, 0.5) is 0 Å². The summed E-state index contributed by atoms with van der Waals surface area (Å²) in [7, 11) is 3.11. The molecule has 2 rings (SSSR count). The van der Waals surface area contributed by atoms with Crippen LogP contribution >= 0.6 is 0 Å². The Morgan fingerprint density at radius 1 is 1.50 bits per heavy atom. The Balaban J connectivity index is 2.14. The molecule has 8 nitrogen and oxygen atoms in total. The number of esters is 1. The minimum absolute atomic E-state index is 0.0321. The molecule has 0 bridgehead atoms. The normalized spacial score (nSPS) is 10.4. The van der Waals surface area contributed by atoms with Gasteiger partial charge in [0.1, 0.15) is 19.2 Å². The number of carbonyl (C=O) groups is 1. The molecule has 0 aliphatic rings. The van der Waals surface area contributed by atoms with Crippen LogP contribution in [-0.4, -0.2) is 42.6 Å². The fourth-order valence-electron chi connectivity index (χ4n) is 1.15. The second-order valence-electron chi connectivity index (χ2n) is 3.12. The average molecular weight is 222 g/mol. The third-order valence-electron chi connectivity index (χ3n) is 2.01. The van der Waals surface area contributed by atoms with Gasteiger partial charge in [0.25, 0.3) is 5.82 Å². The smallest absolute Gasteiger partial charge is 0.377 e. The second-order valence-corrected chi connectivity index (χ2v) is 3.12. The highest BCUT2D eigenvalue weighted by Gasteiger charge is 2.12. The first-order valence-corrected chi connectivity index (χ1v) is 4.51. The van der Waals surface area contributed by atoms with Crippen LogP contribution in [0.2, 0.25) is 0 Å². The predicted octanol–water partition coefficient (Wildman–Crippen LogP) is -0.759. The third kappa shape index (κ3) is 1.90. The van der Waals surface area contributed by atoms with Gasteiger partial charge in [-0.05, 0) is 0 Å². The van der Waals surface area contributed by atoms with Gasteiger partial charge in [0.2, 0.25) is 0 Å². The molecule has 16 heavy (non-hydrogen) atoms. The van der Waals surface area contributed by atoms with Gasteiger partial charge in [-0.1, -0.05) is 0 Å². The zero-order chi connectivity index (χ0) is 11.5. The summed E-state index contributed by atoms with van der Waals surface area (Å²) in [6.07, 6.45) is 3.04. The quantitative estimate of drug-likeness (QED) is 0.634. The monoisotopic (exact) mass is 222 g/mol. The van der Waals surface area contributed by atoms with E-state index in [1.807, 2.05) is 7.05 Å². The summed E-state index contributed by atoms with van der Waals surface area (Å²) in [5.74, 6) is 0.197. The van der Waals surface area contributed by atoms with Crippen LogP contribution in [0.25, 0.3) is 0 Å². The molecular formula is C8H10N6O2. The first kappa shape index (κ1) is 10.3. The first-order chi connectivity index (χ1) is 7.70. The van der Waals surface area contributed by atoms with Crippen LogP contribution in [-0.2, 0) is 18.3 Å². The molecule has 0 aromatic carbocycles. The van der Waals surface area contributed by atoms with E-state index in [9.17, 15) is 4.79 Å². The molecule has 8 heteroatoms. The van der Waals surface area contributed by atoms with E-state index >= 15 is 0 Å². The number of ether oxygens (including phenoxy) is 1. The molecule has 0 amide bonds. The van der Waals surface area contributed by atoms with E-state index in [1.54, 1.807) is 10.9 Å². The van der Waals surface area contributed by atoms with Crippen molar-refractivity contribution in [1.29, 1.82) is 0 Å². The molecule has 0 saturated carbocycles. The summed E-state index contributed by atoms with van der Waals surface area (Å²) < 4.78 is 7.76. The lowest BCUT2D eigenvalue weighted by Gasteiger charge is -1.98. The zero-order valence-electron chi connectivity index (χ0n) is 8.86. The standard InChI is InChI=1S/C8H10N6O2/c1-13-5-10-11-6(13)3-14-4-9-7(12-14)8(15)16-2/h4-5H,3H2,1-2H3. The highest BCUT2D eigenvalue weighted by molar-refractivity contribution is 5.84. The van der Waals surface area contributed by atoms with E-state index in [1.165, 1.54) is 18.1 Å². The van der Waals surface area contributed by atoms with Crippen LogP contribution in [0, 0.1) is 0 Å². The molecule has 2 heterocycles. The minimum atomic E-state index is -0.559. The molecule has 0 radical (unpaired) electrons.